The second kappa shape index (κ2) is 6.89. The third kappa shape index (κ3) is 3.94. The summed E-state index contributed by atoms with van der Waals surface area (Å²) in [5.41, 5.74) is 0.0943. The van der Waals surface area contributed by atoms with E-state index >= 15 is 0 Å². The van der Waals surface area contributed by atoms with Gasteiger partial charge in [0.2, 0.25) is 5.89 Å². The highest BCUT2D eigenvalue weighted by molar-refractivity contribution is 5.05. The lowest BCUT2D eigenvalue weighted by atomic mass is 9.81. The van der Waals surface area contributed by atoms with Crippen molar-refractivity contribution in [1.29, 1.82) is 0 Å². The predicted molar refractivity (Wildman–Crippen MR) is 87.3 cm³/mol. The van der Waals surface area contributed by atoms with Crippen LogP contribution in [0.15, 0.2) is 4.52 Å². The summed E-state index contributed by atoms with van der Waals surface area (Å²) in [6, 6.07) is 0. The van der Waals surface area contributed by atoms with Gasteiger partial charge in [-0.3, -0.25) is 0 Å². The van der Waals surface area contributed by atoms with E-state index in [2.05, 4.69) is 32.9 Å². The van der Waals surface area contributed by atoms with Gasteiger partial charge in [0, 0.05) is 19.6 Å². The monoisotopic (exact) mass is 322 g/mol. The van der Waals surface area contributed by atoms with Crippen molar-refractivity contribution in [3.8, 4) is 0 Å². The Balaban J connectivity index is 1.64. The zero-order valence-electron chi connectivity index (χ0n) is 14.9. The Morgan fingerprint density at radius 2 is 1.91 bits per heavy atom. The van der Waals surface area contributed by atoms with Gasteiger partial charge in [-0.25, -0.2) is 0 Å². The number of hydrogen-bond donors (Lipinski definition) is 0. The van der Waals surface area contributed by atoms with Crippen LogP contribution in [0, 0.1) is 11.3 Å². The molecule has 0 bridgehead atoms. The SMILES string of the molecule is CCC1CC(Cc2nc([C@H]3CCO[C@@H]3C(C)(C)C)no2)CCO1. The van der Waals surface area contributed by atoms with Crippen molar-refractivity contribution in [1.82, 2.24) is 10.1 Å². The summed E-state index contributed by atoms with van der Waals surface area (Å²) >= 11 is 0. The number of ether oxygens (including phenoxy) is 2. The zero-order chi connectivity index (χ0) is 16.4. The molecule has 0 spiro atoms. The maximum Gasteiger partial charge on any atom is 0.226 e. The Labute approximate surface area is 139 Å². The van der Waals surface area contributed by atoms with Crippen LogP contribution in [0.2, 0.25) is 0 Å². The Morgan fingerprint density at radius 1 is 1.13 bits per heavy atom. The highest BCUT2D eigenvalue weighted by Gasteiger charge is 2.40. The molecule has 2 unspecified atom stereocenters. The van der Waals surface area contributed by atoms with E-state index in [1.54, 1.807) is 0 Å². The van der Waals surface area contributed by atoms with E-state index in [1.165, 1.54) is 0 Å². The van der Waals surface area contributed by atoms with Gasteiger partial charge in [-0.2, -0.15) is 4.98 Å². The Morgan fingerprint density at radius 3 is 2.65 bits per heavy atom. The molecule has 130 valence electrons. The molecular formula is C18H30N2O3. The molecular weight excluding hydrogens is 292 g/mol. The maximum absolute atomic E-state index is 5.93. The van der Waals surface area contributed by atoms with Crippen LogP contribution in [0.4, 0.5) is 0 Å². The van der Waals surface area contributed by atoms with Crippen molar-refractivity contribution < 1.29 is 14.0 Å². The van der Waals surface area contributed by atoms with Gasteiger partial charge in [0.05, 0.1) is 18.1 Å². The molecule has 0 radical (unpaired) electrons. The van der Waals surface area contributed by atoms with Crippen LogP contribution in [0.25, 0.3) is 0 Å². The maximum atomic E-state index is 5.93. The van der Waals surface area contributed by atoms with Crippen molar-refractivity contribution >= 4 is 0 Å². The summed E-state index contributed by atoms with van der Waals surface area (Å²) in [4.78, 5) is 4.70. The van der Waals surface area contributed by atoms with Crippen molar-refractivity contribution in [3.63, 3.8) is 0 Å². The molecule has 5 nitrogen and oxygen atoms in total. The molecule has 0 saturated carbocycles. The largest absolute Gasteiger partial charge is 0.378 e. The molecule has 3 rings (SSSR count). The Kier molecular flexibility index (Phi) is 5.07. The lowest BCUT2D eigenvalue weighted by Gasteiger charge is -2.29. The fourth-order valence-corrected chi connectivity index (χ4v) is 3.89. The highest BCUT2D eigenvalue weighted by atomic mass is 16.5. The summed E-state index contributed by atoms with van der Waals surface area (Å²) in [5.74, 6) is 2.46. The number of hydrogen-bond acceptors (Lipinski definition) is 5. The van der Waals surface area contributed by atoms with Crippen molar-refractivity contribution in [2.24, 2.45) is 11.3 Å². The van der Waals surface area contributed by atoms with Crippen molar-refractivity contribution in [2.45, 2.75) is 77.9 Å². The van der Waals surface area contributed by atoms with E-state index in [9.17, 15) is 0 Å². The number of aromatic nitrogens is 2. The van der Waals surface area contributed by atoms with Crippen molar-refractivity contribution in [3.05, 3.63) is 11.7 Å². The summed E-state index contributed by atoms with van der Waals surface area (Å²) in [5, 5.41) is 4.27. The van der Waals surface area contributed by atoms with Crippen LogP contribution in [0.5, 0.6) is 0 Å². The first-order valence-electron chi connectivity index (χ1n) is 9.03. The van der Waals surface area contributed by atoms with Gasteiger partial charge < -0.3 is 14.0 Å². The van der Waals surface area contributed by atoms with Crippen molar-refractivity contribution in [2.75, 3.05) is 13.2 Å². The third-order valence-electron chi connectivity index (χ3n) is 5.16. The van der Waals surface area contributed by atoms with Crippen LogP contribution in [-0.2, 0) is 15.9 Å². The molecule has 2 fully saturated rings. The molecule has 1 aromatic rings. The summed E-state index contributed by atoms with van der Waals surface area (Å²) < 4.78 is 17.2. The van der Waals surface area contributed by atoms with E-state index < -0.39 is 0 Å². The molecule has 2 aliphatic rings. The summed E-state index contributed by atoms with van der Waals surface area (Å²) in [6.07, 6.45) is 5.69. The lowest BCUT2D eigenvalue weighted by molar-refractivity contribution is -0.0115. The van der Waals surface area contributed by atoms with E-state index in [0.29, 0.717) is 12.0 Å². The van der Waals surface area contributed by atoms with E-state index in [1.807, 2.05) is 0 Å². The molecule has 0 aromatic carbocycles. The number of rotatable bonds is 4. The standard InChI is InChI=1S/C18H30N2O3/c1-5-13-10-12(6-8-21-13)11-15-19-17(20-23-15)14-7-9-22-16(14)18(2,3)4/h12-14,16H,5-11H2,1-4H3/t12?,13?,14-,16-/m0/s1. The van der Waals surface area contributed by atoms with Gasteiger partial charge in [0.15, 0.2) is 5.82 Å². The van der Waals surface area contributed by atoms with Crippen LogP contribution in [-0.4, -0.2) is 35.6 Å². The minimum absolute atomic E-state index is 0.0943. The first kappa shape index (κ1) is 16.9. The summed E-state index contributed by atoms with van der Waals surface area (Å²) in [6.45, 7) is 10.5. The molecule has 3 heterocycles. The van der Waals surface area contributed by atoms with Gasteiger partial charge in [-0.1, -0.05) is 32.9 Å². The van der Waals surface area contributed by atoms with Crippen LogP contribution < -0.4 is 0 Å². The number of nitrogens with zero attached hydrogens (tertiary/aromatic N) is 2. The average Bonchev–Trinajstić information content (AvgIpc) is 3.15. The molecule has 0 N–H and O–H groups in total. The van der Waals surface area contributed by atoms with E-state index in [0.717, 1.165) is 57.0 Å². The van der Waals surface area contributed by atoms with Crippen LogP contribution >= 0.6 is 0 Å². The van der Waals surface area contributed by atoms with Gasteiger partial charge in [-0.15, -0.1) is 0 Å². The second-order valence-electron chi connectivity index (χ2n) is 8.09. The molecule has 5 heteroatoms. The molecule has 2 aliphatic heterocycles. The molecule has 23 heavy (non-hydrogen) atoms. The van der Waals surface area contributed by atoms with E-state index in [4.69, 9.17) is 19.0 Å². The van der Waals surface area contributed by atoms with Gasteiger partial charge >= 0.3 is 0 Å². The molecule has 0 amide bonds. The van der Waals surface area contributed by atoms with Crippen LogP contribution in [0.1, 0.15) is 71.0 Å². The Bertz CT molecular complexity index is 509. The molecule has 4 atom stereocenters. The zero-order valence-corrected chi connectivity index (χ0v) is 14.9. The fourth-order valence-electron chi connectivity index (χ4n) is 3.89. The van der Waals surface area contributed by atoms with Gasteiger partial charge in [0.1, 0.15) is 0 Å². The quantitative estimate of drug-likeness (QED) is 0.845. The highest BCUT2D eigenvalue weighted by Crippen LogP contribution is 2.39. The molecule has 1 aromatic heterocycles. The van der Waals surface area contributed by atoms with Crippen LogP contribution in [0.3, 0.4) is 0 Å². The van der Waals surface area contributed by atoms with Gasteiger partial charge in [0.25, 0.3) is 0 Å². The minimum Gasteiger partial charge on any atom is -0.378 e. The first-order chi connectivity index (χ1) is 11.0. The Hall–Kier alpha value is -0.940. The smallest absolute Gasteiger partial charge is 0.226 e. The molecule has 0 aliphatic carbocycles. The first-order valence-corrected chi connectivity index (χ1v) is 9.03. The predicted octanol–water partition coefficient (Wildman–Crippen LogP) is 3.74. The third-order valence-corrected chi connectivity index (χ3v) is 5.16. The fraction of sp³-hybridized carbons (Fsp3) is 0.889. The molecule has 2 saturated heterocycles. The average molecular weight is 322 g/mol. The normalized spacial score (nSPS) is 32.3. The topological polar surface area (TPSA) is 57.4 Å². The minimum atomic E-state index is 0.0943. The lowest BCUT2D eigenvalue weighted by Crippen LogP contribution is -2.30. The second-order valence-corrected chi connectivity index (χ2v) is 8.09. The van der Waals surface area contributed by atoms with Gasteiger partial charge in [-0.05, 0) is 37.0 Å². The van der Waals surface area contributed by atoms with E-state index in [-0.39, 0.29) is 17.4 Å². The summed E-state index contributed by atoms with van der Waals surface area (Å²) in [7, 11) is 0.